The minimum atomic E-state index is -5.20. The summed E-state index contributed by atoms with van der Waals surface area (Å²) >= 11 is 0. The number of sulfonamides is 2. The van der Waals surface area contributed by atoms with Crippen molar-refractivity contribution in [1.82, 2.24) is 15.5 Å². The fourth-order valence-corrected chi connectivity index (χ4v) is 6.90. The number of halogens is 3. The molecule has 0 bridgehead atoms. The summed E-state index contributed by atoms with van der Waals surface area (Å²) in [6.45, 7) is 0. The van der Waals surface area contributed by atoms with Gasteiger partial charge < -0.3 is 9.84 Å². The molecule has 2 aromatic carbocycles. The molecule has 0 aliphatic carbocycles. The van der Waals surface area contributed by atoms with Gasteiger partial charge in [-0.15, -0.1) is 3.71 Å². The van der Waals surface area contributed by atoms with Gasteiger partial charge in [0.25, 0.3) is 0 Å². The summed E-state index contributed by atoms with van der Waals surface area (Å²) in [7, 11) is -8.65. The Morgan fingerprint density at radius 3 is 2.26 bits per heavy atom. The van der Waals surface area contributed by atoms with Crippen LogP contribution in [0, 0.1) is 0 Å². The summed E-state index contributed by atoms with van der Waals surface area (Å²) in [5, 5.41) is 6.62. The van der Waals surface area contributed by atoms with Crippen molar-refractivity contribution in [1.29, 1.82) is 0 Å². The zero-order valence-electron chi connectivity index (χ0n) is 20.4. The van der Waals surface area contributed by atoms with Crippen molar-refractivity contribution in [2.24, 2.45) is 0 Å². The van der Waals surface area contributed by atoms with Crippen LogP contribution in [-0.2, 0) is 31.3 Å². The Morgan fingerprint density at radius 1 is 0.949 bits per heavy atom. The third-order valence-corrected chi connectivity index (χ3v) is 8.73. The highest BCUT2D eigenvalue weighted by atomic mass is 32.3. The molecule has 0 radical (unpaired) electrons. The molecule has 2 heterocycles. The minimum absolute atomic E-state index is 0.0112. The molecule has 15 heteroatoms. The molecule has 0 unspecified atom stereocenters. The van der Waals surface area contributed by atoms with Gasteiger partial charge in [0.1, 0.15) is 5.69 Å². The molecule has 0 aliphatic heterocycles. The standard InChI is InChI=1S/C24H21F3N4O6S2/c1-38(33,34)31(39(2,35)36)21-13-7-8-15(28-21)14-19(29-23(32)24(25,26)27)16-9-3-4-10-17(16)22-18-11-5-6-12-20(18)37-30-22/h3-13,19H,14H2,1-2H3,(H,29,32)/t19-/m0/s1. The first-order valence-corrected chi connectivity index (χ1v) is 14.8. The van der Waals surface area contributed by atoms with Gasteiger partial charge in [-0.1, -0.05) is 47.6 Å². The van der Waals surface area contributed by atoms with Crippen molar-refractivity contribution in [3.63, 3.8) is 0 Å². The van der Waals surface area contributed by atoms with Gasteiger partial charge in [0.2, 0.25) is 20.0 Å². The van der Waals surface area contributed by atoms with Crippen LogP contribution in [0.25, 0.3) is 22.2 Å². The molecule has 4 rings (SSSR count). The van der Waals surface area contributed by atoms with Crippen molar-refractivity contribution < 1.29 is 39.3 Å². The maximum atomic E-state index is 13.3. The number of carbonyl (C=O) groups is 1. The number of rotatable bonds is 8. The summed E-state index contributed by atoms with van der Waals surface area (Å²) < 4.78 is 94.0. The van der Waals surface area contributed by atoms with Crippen LogP contribution in [0.3, 0.4) is 0 Å². The second kappa shape index (κ2) is 10.3. The first kappa shape index (κ1) is 28.0. The Bertz CT molecular complexity index is 1720. The highest BCUT2D eigenvalue weighted by Gasteiger charge is 2.40. The van der Waals surface area contributed by atoms with Crippen molar-refractivity contribution in [3.8, 4) is 11.3 Å². The van der Waals surface area contributed by atoms with E-state index in [4.69, 9.17) is 4.52 Å². The second-order valence-corrected chi connectivity index (χ2v) is 12.4. The van der Waals surface area contributed by atoms with Gasteiger partial charge in [-0.2, -0.15) is 13.2 Å². The van der Waals surface area contributed by atoms with E-state index in [9.17, 15) is 34.8 Å². The van der Waals surface area contributed by atoms with Gasteiger partial charge in [-0.3, -0.25) is 4.79 Å². The van der Waals surface area contributed by atoms with Crippen molar-refractivity contribution in [2.45, 2.75) is 18.6 Å². The molecule has 206 valence electrons. The van der Waals surface area contributed by atoms with E-state index < -0.39 is 44.0 Å². The van der Waals surface area contributed by atoms with Crippen LogP contribution in [0.15, 0.2) is 71.3 Å². The lowest BCUT2D eigenvalue weighted by molar-refractivity contribution is -0.174. The SMILES string of the molecule is CS(=O)(=O)N(c1cccc(C[C@H](NC(=O)C(F)(F)F)c2ccccc2-c2noc3ccccc23)n1)S(C)(=O)=O. The molecule has 10 nitrogen and oxygen atoms in total. The lowest BCUT2D eigenvalue weighted by Crippen LogP contribution is -2.40. The average molecular weight is 583 g/mol. The monoisotopic (exact) mass is 582 g/mol. The van der Waals surface area contributed by atoms with E-state index in [2.05, 4.69) is 10.1 Å². The lowest BCUT2D eigenvalue weighted by atomic mass is 9.93. The number of nitrogens with one attached hydrogen (secondary N) is 1. The number of aromatic nitrogens is 2. The molecule has 39 heavy (non-hydrogen) atoms. The molecule has 0 fully saturated rings. The number of nitrogens with zero attached hydrogens (tertiary/aromatic N) is 3. The lowest BCUT2D eigenvalue weighted by Gasteiger charge is -2.23. The summed E-state index contributed by atoms with van der Waals surface area (Å²) in [5.74, 6) is -2.69. The molecular formula is C24H21F3N4O6S2. The topological polar surface area (TPSA) is 140 Å². The van der Waals surface area contributed by atoms with Crippen LogP contribution >= 0.6 is 0 Å². The third kappa shape index (κ3) is 6.20. The quantitative estimate of drug-likeness (QED) is 0.333. The molecule has 0 spiro atoms. The Kier molecular flexibility index (Phi) is 7.40. The zero-order valence-corrected chi connectivity index (χ0v) is 22.0. The van der Waals surface area contributed by atoms with Gasteiger partial charge in [0.05, 0.1) is 18.6 Å². The fourth-order valence-electron chi connectivity index (χ4n) is 4.05. The molecule has 0 saturated carbocycles. The third-order valence-electron chi connectivity index (χ3n) is 5.53. The van der Waals surface area contributed by atoms with Crippen LogP contribution in [0.2, 0.25) is 0 Å². The summed E-state index contributed by atoms with van der Waals surface area (Å²) in [5.41, 5.74) is 1.39. The molecule has 1 atom stereocenters. The largest absolute Gasteiger partial charge is 0.471 e. The summed E-state index contributed by atoms with van der Waals surface area (Å²) in [4.78, 5) is 16.1. The number of hydrogen-bond donors (Lipinski definition) is 1. The first-order valence-electron chi connectivity index (χ1n) is 11.1. The highest BCUT2D eigenvalue weighted by Crippen LogP contribution is 2.34. The number of alkyl halides is 3. The predicted octanol–water partition coefficient (Wildman–Crippen LogP) is 3.58. The van der Waals surface area contributed by atoms with Gasteiger partial charge in [0.15, 0.2) is 11.4 Å². The number of pyridine rings is 1. The van der Waals surface area contributed by atoms with Crippen LogP contribution in [0.1, 0.15) is 17.3 Å². The molecule has 0 saturated heterocycles. The first-order chi connectivity index (χ1) is 18.2. The number of amides is 1. The fraction of sp³-hybridized carbons (Fsp3) is 0.208. The Hall–Kier alpha value is -3.98. The number of fused-ring (bicyclic) bond motifs is 1. The predicted molar refractivity (Wildman–Crippen MR) is 136 cm³/mol. The van der Waals surface area contributed by atoms with E-state index in [-0.39, 0.29) is 21.4 Å². The molecular weight excluding hydrogens is 561 g/mol. The second-order valence-electron chi connectivity index (χ2n) is 8.55. The molecule has 2 aromatic heterocycles. The van der Waals surface area contributed by atoms with Gasteiger partial charge in [-0.25, -0.2) is 21.8 Å². The number of anilines is 1. The van der Waals surface area contributed by atoms with E-state index in [1.54, 1.807) is 42.5 Å². The Balaban J connectivity index is 1.82. The van der Waals surface area contributed by atoms with Gasteiger partial charge >= 0.3 is 12.1 Å². The average Bonchev–Trinajstić information content (AvgIpc) is 3.25. The van der Waals surface area contributed by atoms with Crippen molar-refractivity contribution in [3.05, 3.63) is 78.0 Å². The minimum Gasteiger partial charge on any atom is -0.356 e. The van der Waals surface area contributed by atoms with E-state index >= 15 is 0 Å². The zero-order chi connectivity index (χ0) is 28.6. The molecule has 1 N–H and O–H groups in total. The van der Waals surface area contributed by atoms with Crippen LogP contribution in [-0.4, -0.2) is 51.6 Å². The number of para-hydroxylation sites is 1. The van der Waals surface area contributed by atoms with Crippen molar-refractivity contribution >= 4 is 42.7 Å². The van der Waals surface area contributed by atoms with Crippen LogP contribution in [0.4, 0.5) is 19.0 Å². The van der Waals surface area contributed by atoms with E-state index in [1.807, 2.05) is 5.32 Å². The smallest absolute Gasteiger partial charge is 0.356 e. The highest BCUT2D eigenvalue weighted by molar-refractivity contribution is 8.09. The Morgan fingerprint density at radius 2 is 1.59 bits per heavy atom. The summed E-state index contributed by atoms with van der Waals surface area (Å²) in [6.07, 6.45) is -4.21. The number of benzene rings is 2. The van der Waals surface area contributed by atoms with Gasteiger partial charge in [-0.05, 0) is 29.8 Å². The van der Waals surface area contributed by atoms with Crippen LogP contribution in [0.5, 0.6) is 0 Å². The van der Waals surface area contributed by atoms with Crippen molar-refractivity contribution in [2.75, 3.05) is 16.2 Å². The van der Waals surface area contributed by atoms with Crippen LogP contribution < -0.4 is 9.03 Å². The summed E-state index contributed by atoms with van der Waals surface area (Å²) in [6, 6.07) is 15.6. The maximum Gasteiger partial charge on any atom is 0.471 e. The molecule has 0 aliphatic rings. The normalized spacial score (nSPS) is 13.3. The Labute approximate surface area is 221 Å². The molecule has 4 aromatic rings. The maximum absolute atomic E-state index is 13.3. The number of carbonyl (C=O) groups excluding carboxylic acids is 1. The van der Waals surface area contributed by atoms with E-state index in [1.165, 1.54) is 18.2 Å². The van der Waals surface area contributed by atoms with Gasteiger partial charge in [0, 0.05) is 23.1 Å². The molecule has 1 amide bonds. The number of hydrogen-bond acceptors (Lipinski definition) is 8. The van der Waals surface area contributed by atoms with E-state index in [0.717, 1.165) is 6.07 Å². The van der Waals surface area contributed by atoms with E-state index in [0.29, 0.717) is 34.7 Å².